The SMILES string of the molecule is Nc1ncc(I)c(C(F)F)c1C(=O)Cl. The second-order valence-electron chi connectivity index (χ2n) is 2.35. The fraction of sp³-hybridized carbons (Fsp3) is 0.143. The van der Waals surface area contributed by atoms with E-state index in [0.29, 0.717) is 0 Å². The predicted octanol–water partition coefficient (Wildman–Crippen LogP) is 2.59. The van der Waals surface area contributed by atoms with Crippen LogP contribution in [0.5, 0.6) is 0 Å². The first kappa shape index (κ1) is 11.6. The lowest BCUT2D eigenvalue weighted by Gasteiger charge is -2.08. The van der Waals surface area contributed by atoms with Crippen LogP contribution in [0.4, 0.5) is 14.6 Å². The molecule has 0 aromatic carbocycles. The highest BCUT2D eigenvalue weighted by Crippen LogP contribution is 2.31. The van der Waals surface area contributed by atoms with Crippen LogP contribution in [0.2, 0.25) is 0 Å². The number of rotatable bonds is 2. The average Bonchev–Trinajstić information content (AvgIpc) is 2.07. The van der Waals surface area contributed by atoms with Crippen molar-refractivity contribution in [2.45, 2.75) is 6.43 Å². The van der Waals surface area contributed by atoms with E-state index >= 15 is 0 Å². The third-order valence-corrected chi connectivity index (χ3v) is 2.56. The molecule has 0 saturated heterocycles. The van der Waals surface area contributed by atoms with Crippen molar-refractivity contribution in [2.24, 2.45) is 0 Å². The fourth-order valence-electron chi connectivity index (χ4n) is 0.938. The molecule has 1 rings (SSSR count). The van der Waals surface area contributed by atoms with Crippen molar-refractivity contribution >= 4 is 45.3 Å². The quantitative estimate of drug-likeness (QED) is 0.669. The number of nitrogens with zero attached hydrogens (tertiary/aromatic N) is 1. The molecule has 0 aliphatic rings. The number of alkyl halides is 2. The number of hydrogen-bond acceptors (Lipinski definition) is 3. The first-order valence-corrected chi connectivity index (χ1v) is 4.82. The van der Waals surface area contributed by atoms with Crippen LogP contribution < -0.4 is 5.73 Å². The molecule has 0 spiro atoms. The van der Waals surface area contributed by atoms with Crippen molar-refractivity contribution in [2.75, 3.05) is 5.73 Å². The van der Waals surface area contributed by atoms with Crippen molar-refractivity contribution in [1.82, 2.24) is 4.98 Å². The molecule has 3 nitrogen and oxygen atoms in total. The molecule has 7 heteroatoms. The molecular weight excluding hydrogens is 328 g/mol. The van der Waals surface area contributed by atoms with Crippen LogP contribution in [0.3, 0.4) is 0 Å². The molecule has 1 aromatic rings. The Bertz CT molecular complexity index is 386. The smallest absolute Gasteiger partial charge is 0.265 e. The Hall–Kier alpha value is -0.500. The lowest BCUT2D eigenvalue weighted by Crippen LogP contribution is -2.08. The normalized spacial score (nSPS) is 10.6. The minimum absolute atomic E-state index is 0.163. The van der Waals surface area contributed by atoms with Crippen LogP contribution >= 0.6 is 34.2 Å². The topological polar surface area (TPSA) is 56.0 Å². The van der Waals surface area contributed by atoms with Gasteiger partial charge in [-0.3, -0.25) is 4.79 Å². The number of anilines is 1. The summed E-state index contributed by atoms with van der Waals surface area (Å²) < 4.78 is 25.2. The van der Waals surface area contributed by atoms with Crippen molar-refractivity contribution in [3.05, 3.63) is 20.9 Å². The standard InChI is InChI=1S/C7H4ClF2IN2O/c8-5(14)4-3(6(9)10)2(11)1-13-7(4)12/h1,6H,(H2,12,13). The molecule has 0 bridgehead atoms. The van der Waals surface area contributed by atoms with E-state index in [1.54, 1.807) is 22.6 Å². The molecular formula is C7H4ClF2IN2O. The molecule has 0 amide bonds. The summed E-state index contributed by atoms with van der Waals surface area (Å²) in [5, 5.41) is -1.02. The van der Waals surface area contributed by atoms with E-state index in [9.17, 15) is 13.6 Å². The van der Waals surface area contributed by atoms with Gasteiger partial charge in [-0.1, -0.05) is 0 Å². The summed E-state index contributed by atoms with van der Waals surface area (Å²) in [7, 11) is 0. The molecule has 76 valence electrons. The second-order valence-corrected chi connectivity index (χ2v) is 3.86. The maximum Gasteiger partial charge on any atom is 0.265 e. The van der Waals surface area contributed by atoms with Crippen LogP contribution in [-0.4, -0.2) is 10.2 Å². The largest absolute Gasteiger partial charge is 0.383 e. The average molecular weight is 332 g/mol. The van der Waals surface area contributed by atoms with E-state index in [-0.39, 0.29) is 9.39 Å². The Morgan fingerprint density at radius 1 is 1.64 bits per heavy atom. The van der Waals surface area contributed by atoms with Gasteiger partial charge < -0.3 is 5.73 Å². The molecule has 14 heavy (non-hydrogen) atoms. The summed E-state index contributed by atoms with van der Waals surface area (Å²) in [5.74, 6) is -0.277. The van der Waals surface area contributed by atoms with Gasteiger partial charge in [0.15, 0.2) is 0 Å². The van der Waals surface area contributed by atoms with Gasteiger partial charge in [-0.25, -0.2) is 13.8 Å². The summed E-state index contributed by atoms with van der Waals surface area (Å²) in [6, 6.07) is 0. The lowest BCUT2D eigenvalue weighted by atomic mass is 10.1. The number of halogens is 4. The Labute approximate surface area is 96.8 Å². The third-order valence-electron chi connectivity index (χ3n) is 1.51. The zero-order valence-corrected chi connectivity index (χ0v) is 9.51. The molecule has 0 unspecified atom stereocenters. The maximum absolute atomic E-state index is 12.5. The van der Waals surface area contributed by atoms with E-state index in [2.05, 4.69) is 4.98 Å². The minimum atomic E-state index is -2.80. The zero-order chi connectivity index (χ0) is 10.9. The maximum atomic E-state index is 12.5. The summed E-state index contributed by atoms with van der Waals surface area (Å²) in [6.45, 7) is 0. The number of carbonyl (C=O) groups excluding carboxylic acids is 1. The van der Waals surface area contributed by atoms with Gasteiger partial charge in [0.1, 0.15) is 5.82 Å². The van der Waals surface area contributed by atoms with Crippen LogP contribution in [0.15, 0.2) is 6.20 Å². The summed E-state index contributed by atoms with van der Waals surface area (Å²) in [5.41, 5.74) is 4.41. The van der Waals surface area contributed by atoms with Crippen molar-refractivity contribution in [3.8, 4) is 0 Å². The first-order chi connectivity index (χ1) is 6.45. The van der Waals surface area contributed by atoms with Crippen LogP contribution in [0, 0.1) is 3.57 Å². The zero-order valence-electron chi connectivity index (χ0n) is 6.60. The molecule has 1 heterocycles. The van der Waals surface area contributed by atoms with E-state index in [4.69, 9.17) is 17.3 Å². The number of hydrogen-bond donors (Lipinski definition) is 1. The van der Waals surface area contributed by atoms with Gasteiger partial charge >= 0.3 is 0 Å². The first-order valence-electron chi connectivity index (χ1n) is 3.37. The van der Waals surface area contributed by atoms with E-state index < -0.39 is 22.8 Å². The molecule has 0 fully saturated rings. The van der Waals surface area contributed by atoms with E-state index in [1.807, 2.05) is 0 Å². The molecule has 0 aliphatic carbocycles. The van der Waals surface area contributed by atoms with Crippen LogP contribution in [-0.2, 0) is 0 Å². The molecule has 0 aliphatic heterocycles. The van der Waals surface area contributed by atoms with Gasteiger partial charge in [-0.15, -0.1) is 0 Å². The highest BCUT2D eigenvalue weighted by molar-refractivity contribution is 14.1. The van der Waals surface area contributed by atoms with Crippen molar-refractivity contribution in [3.63, 3.8) is 0 Å². The van der Waals surface area contributed by atoms with Gasteiger partial charge in [0.05, 0.1) is 5.56 Å². The van der Waals surface area contributed by atoms with Gasteiger partial charge in [-0.2, -0.15) is 0 Å². The Balaban J connectivity index is 3.50. The highest BCUT2D eigenvalue weighted by atomic mass is 127. The second kappa shape index (κ2) is 4.35. The van der Waals surface area contributed by atoms with Crippen LogP contribution in [0.1, 0.15) is 22.3 Å². The van der Waals surface area contributed by atoms with Crippen LogP contribution in [0.25, 0.3) is 0 Å². The summed E-state index contributed by atoms with van der Waals surface area (Å²) >= 11 is 6.78. The fourth-order valence-corrected chi connectivity index (χ4v) is 1.78. The Morgan fingerprint density at radius 2 is 2.21 bits per heavy atom. The number of nitrogens with two attached hydrogens (primary N) is 1. The molecule has 2 N–H and O–H groups in total. The third kappa shape index (κ3) is 2.11. The van der Waals surface area contributed by atoms with Crippen molar-refractivity contribution in [1.29, 1.82) is 0 Å². The van der Waals surface area contributed by atoms with Gasteiger partial charge in [0.2, 0.25) is 0 Å². The number of pyridine rings is 1. The van der Waals surface area contributed by atoms with Gasteiger partial charge in [-0.05, 0) is 34.2 Å². The monoisotopic (exact) mass is 332 g/mol. The molecule has 1 aromatic heterocycles. The van der Waals surface area contributed by atoms with Gasteiger partial charge in [0, 0.05) is 15.3 Å². The summed E-state index contributed by atoms with van der Waals surface area (Å²) in [6.07, 6.45) is -1.63. The summed E-state index contributed by atoms with van der Waals surface area (Å²) in [4.78, 5) is 14.4. The number of nitrogen functional groups attached to an aromatic ring is 1. The Morgan fingerprint density at radius 3 is 2.57 bits per heavy atom. The minimum Gasteiger partial charge on any atom is -0.383 e. The lowest BCUT2D eigenvalue weighted by molar-refractivity contribution is 0.106. The number of carbonyl (C=O) groups is 1. The number of aromatic nitrogens is 1. The molecule has 0 atom stereocenters. The van der Waals surface area contributed by atoms with Crippen molar-refractivity contribution < 1.29 is 13.6 Å². The van der Waals surface area contributed by atoms with E-state index in [0.717, 1.165) is 0 Å². The Kier molecular flexibility index (Phi) is 3.59. The molecule has 0 radical (unpaired) electrons. The highest BCUT2D eigenvalue weighted by Gasteiger charge is 2.23. The predicted molar refractivity (Wildman–Crippen MR) is 56.5 cm³/mol. The molecule has 0 saturated carbocycles. The van der Waals surface area contributed by atoms with E-state index in [1.165, 1.54) is 6.20 Å². The van der Waals surface area contributed by atoms with Gasteiger partial charge in [0.25, 0.3) is 11.7 Å².